The smallest absolute Gasteiger partial charge is 0.320 e. The number of methoxy groups -OCH3 is 1. The summed E-state index contributed by atoms with van der Waals surface area (Å²) >= 11 is 3.11. The van der Waals surface area contributed by atoms with Crippen LogP contribution in [-0.4, -0.2) is 24.5 Å². The molecular formula is C11H12BrF2NO2. The number of benzene rings is 1. The van der Waals surface area contributed by atoms with Crippen LogP contribution in [0, 0.1) is 11.6 Å². The van der Waals surface area contributed by atoms with Crippen LogP contribution in [0.5, 0.6) is 0 Å². The molecular weight excluding hydrogens is 296 g/mol. The van der Waals surface area contributed by atoms with Crippen LogP contribution in [0.25, 0.3) is 0 Å². The molecule has 17 heavy (non-hydrogen) atoms. The van der Waals surface area contributed by atoms with Crippen LogP contribution in [0.15, 0.2) is 18.2 Å². The molecule has 6 heteroatoms. The summed E-state index contributed by atoms with van der Waals surface area (Å²) < 4.78 is 30.6. The van der Waals surface area contributed by atoms with Crippen LogP contribution >= 0.6 is 15.9 Å². The maximum atomic E-state index is 13.2. The molecule has 3 nitrogen and oxygen atoms in total. The Kier molecular flexibility index (Phi) is 5.50. The third-order valence-electron chi connectivity index (χ3n) is 2.13. The van der Waals surface area contributed by atoms with Gasteiger partial charge in [-0.3, -0.25) is 4.79 Å². The molecule has 0 aromatic heterocycles. The molecule has 0 aliphatic rings. The zero-order valence-corrected chi connectivity index (χ0v) is 10.8. The van der Waals surface area contributed by atoms with Gasteiger partial charge in [0.1, 0.15) is 4.83 Å². The molecule has 0 bridgehead atoms. The average Bonchev–Trinajstić information content (AvgIpc) is 2.33. The summed E-state index contributed by atoms with van der Waals surface area (Å²) in [4.78, 5) is 10.5. The zero-order chi connectivity index (χ0) is 12.8. The molecule has 0 spiro atoms. The molecule has 1 N–H and O–H groups in total. The number of esters is 1. The second-order valence-corrected chi connectivity index (χ2v) is 4.44. The summed E-state index contributed by atoms with van der Waals surface area (Å²) in [6, 6.07) is 3.97. The first-order valence-electron chi connectivity index (χ1n) is 4.91. The van der Waals surface area contributed by atoms with Crippen molar-refractivity contribution in [1.82, 2.24) is 5.32 Å². The summed E-state index contributed by atoms with van der Waals surface area (Å²) in [6.45, 7) is 0.408. The second-order valence-electron chi connectivity index (χ2n) is 3.33. The highest BCUT2D eigenvalue weighted by Crippen LogP contribution is 2.11. The third-order valence-corrected chi connectivity index (χ3v) is 2.83. The number of carbonyl (C=O) groups excluding carboxylic acids is 1. The summed E-state index contributed by atoms with van der Waals surface area (Å²) in [5.41, 5.74) is 0.217. The number of ether oxygens (including phenoxy) is 1. The number of nitrogens with one attached hydrogen (secondary N) is 1. The zero-order valence-electron chi connectivity index (χ0n) is 9.17. The Labute approximate surface area is 106 Å². The summed E-state index contributed by atoms with van der Waals surface area (Å²) in [7, 11) is 1.28. The lowest BCUT2D eigenvalue weighted by Crippen LogP contribution is -2.29. The van der Waals surface area contributed by atoms with Crippen LogP contribution in [0.4, 0.5) is 8.78 Å². The fraction of sp³-hybridized carbons (Fsp3) is 0.364. The van der Waals surface area contributed by atoms with Gasteiger partial charge in [-0.2, -0.15) is 0 Å². The Morgan fingerprint density at radius 1 is 1.53 bits per heavy atom. The van der Waals surface area contributed by atoms with Gasteiger partial charge in [-0.15, -0.1) is 0 Å². The molecule has 1 rings (SSSR count). The number of hydrogen-bond donors (Lipinski definition) is 1. The van der Waals surface area contributed by atoms with Crippen molar-refractivity contribution in [2.45, 2.75) is 11.4 Å². The van der Waals surface area contributed by atoms with Gasteiger partial charge in [0.05, 0.1) is 7.11 Å². The van der Waals surface area contributed by atoms with Gasteiger partial charge in [0, 0.05) is 18.7 Å². The molecule has 0 heterocycles. The number of alkyl halides is 1. The van der Waals surface area contributed by atoms with Crippen molar-refractivity contribution in [3.05, 3.63) is 35.4 Å². The van der Waals surface area contributed by atoms with Gasteiger partial charge in [-0.25, -0.2) is 8.78 Å². The first kappa shape index (κ1) is 14.1. The Balaban J connectivity index is 2.46. The number of carbonyl (C=O) groups is 1. The van der Waals surface area contributed by atoms with Gasteiger partial charge in [0.25, 0.3) is 0 Å². The molecule has 0 saturated heterocycles. The predicted octanol–water partition coefficient (Wildman–Crippen LogP) is 1.99. The molecule has 0 aliphatic heterocycles. The number of halogens is 3. The number of rotatable bonds is 5. The minimum atomic E-state index is -0.882. The van der Waals surface area contributed by atoms with Crippen LogP contribution in [-0.2, 0) is 16.1 Å². The lowest BCUT2D eigenvalue weighted by molar-refractivity contribution is -0.139. The van der Waals surface area contributed by atoms with E-state index in [-0.39, 0.29) is 18.7 Å². The SMILES string of the molecule is COC(=O)C(Br)CNCc1cccc(F)c1F. The lowest BCUT2D eigenvalue weighted by atomic mass is 10.2. The minimum Gasteiger partial charge on any atom is -0.468 e. The van der Waals surface area contributed by atoms with Crippen molar-refractivity contribution in [3.8, 4) is 0 Å². The van der Waals surface area contributed by atoms with Crippen LogP contribution < -0.4 is 5.32 Å². The highest BCUT2D eigenvalue weighted by molar-refractivity contribution is 9.10. The summed E-state index contributed by atoms with van der Waals surface area (Å²) in [5.74, 6) is -2.17. The van der Waals surface area contributed by atoms with Crippen molar-refractivity contribution >= 4 is 21.9 Å². The topological polar surface area (TPSA) is 38.3 Å². The van der Waals surface area contributed by atoms with E-state index in [1.54, 1.807) is 0 Å². The summed E-state index contributed by atoms with van der Waals surface area (Å²) in [5, 5.41) is 2.83. The maximum absolute atomic E-state index is 13.2. The Hall–Kier alpha value is -1.01. The van der Waals surface area contributed by atoms with E-state index in [1.807, 2.05) is 0 Å². The predicted molar refractivity (Wildman–Crippen MR) is 62.8 cm³/mol. The van der Waals surface area contributed by atoms with Gasteiger partial charge in [0.2, 0.25) is 0 Å². The normalized spacial score (nSPS) is 12.2. The minimum absolute atomic E-state index is 0.142. The van der Waals surface area contributed by atoms with Gasteiger partial charge in [-0.05, 0) is 6.07 Å². The van der Waals surface area contributed by atoms with Gasteiger partial charge >= 0.3 is 5.97 Å². The Morgan fingerprint density at radius 3 is 2.88 bits per heavy atom. The van der Waals surface area contributed by atoms with Crippen LogP contribution in [0.3, 0.4) is 0 Å². The van der Waals surface area contributed by atoms with E-state index in [9.17, 15) is 13.6 Å². The first-order valence-corrected chi connectivity index (χ1v) is 5.83. The van der Waals surface area contributed by atoms with E-state index in [4.69, 9.17) is 0 Å². The third kappa shape index (κ3) is 4.05. The standard InChI is InChI=1S/C11H12BrF2NO2/c1-17-11(16)8(12)6-15-5-7-3-2-4-9(13)10(7)14/h2-4,8,15H,5-6H2,1H3. The fourth-order valence-electron chi connectivity index (χ4n) is 1.23. The average molecular weight is 308 g/mol. The monoisotopic (exact) mass is 307 g/mol. The van der Waals surface area contributed by atoms with Gasteiger partial charge in [-0.1, -0.05) is 28.1 Å². The van der Waals surface area contributed by atoms with Crippen molar-refractivity contribution in [2.24, 2.45) is 0 Å². The van der Waals surface area contributed by atoms with Gasteiger partial charge in [0.15, 0.2) is 11.6 Å². The molecule has 0 amide bonds. The molecule has 0 aliphatic carbocycles. The van der Waals surface area contributed by atoms with E-state index < -0.39 is 22.4 Å². The van der Waals surface area contributed by atoms with E-state index in [0.717, 1.165) is 6.07 Å². The van der Waals surface area contributed by atoms with Crippen molar-refractivity contribution in [3.63, 3.8) is 0 Å². The van der Waals surface area contributed by atoms with Gasteiger partial charge < -0.3 is 10.1 Å². The van der Waals surface area contributed by atoms with E-state index in [1.165, 1.54) is 19.2 Å². The van der Waals surface area contributed by atoms with Crippen LogP contribution in [0.1, 0.15) is 5.56 Å². The molecule has 1 aromatic carbocycles. The highest BCUT2D eigenvalue weighted by atomic mass is 79.9. The van der Waals surface area contributed by atoms with Crippen molar-refractivity contribution in [2.75, 3.05) is 13.7 Å². The second kappa shape index (κ2) is 6.66. The molecule has 0 saturated carbocycles. The van der Waals surface area contributed by atoms with Crippen molar-refractivity contribution in [1.29, 1.82) is 0 Å². The Bertz CT molecular complexity index is 401. The molecule has 1 aromatic rings. The fourth-order valence-corrected chi connectivity index (χ4v) is 1.65. The van der Waals surface area contributed by atoms with E-state index in [0.29, 0.717) is 0 Å². The van der Waals surface area contributed by atoms with Crippen LogP contribution in [0.2, 0.25) is 0 Å². The molecule has 94 valence electrons. The molecule has 0 fully saturated rings. The molecule has 0 radical (unpaired) electrons. The first-order chi connectivity index (χ1) is 8.06. The highest BCUT2D eigenvalue weighted by Gasteiger charge is 2.14. The maximum Gasteiger partial charge on any atom is 0.320 e. The number of hydrogen-bond acceptors (Lipinski definition) is 3. The van der Waals surface area contributed by atoms with E-state index >= 15 is 0 Å². The quantitative estimate of drug-likeness (QED) is 0.668. The Morgan fingerprint density at radius 2 is 2.24 bits per heavy atom. The largest absolute Gasteiger partial charge is 0.468 e. The molecule has 1 atom stereocenters. The summed E-state index contributed by atoms with van der Waals surface area (Å²) in [6.07, 6.45) is 0. The lowest BCUT2D eigenvalue weighted by Gasteiger charge is -2.09. The van der Waals surface area contributed by atoms with Crippen molar-refractivity contribution < 1.29 is 18.3 Å². The molecule has 1 unspecified atom stereocenters. The van der Waals surface area contributed by atoms with E-state index in [2.05, 4.69) is 26.0 Å².